The molecule has 0 saturated heterocycles. The molecule has 0 spiro atoms. The minimum Gasteiger partial charge on any atom is -0.377 e. The molecule has 0 saturated carbocycles. The van der Waals surface area contributed by atoms with E-state index in [0.29, 0.717) is 5.56 Å². The average molecular weight is 217 g/mol. The summed E-state index contributed by atoms with van der Waals surface area (Å²) in [5, 5.41) is 3.37. The van der Waals surface area contributed by atoms with Gasteiger partial charge in [0.1, 0.15) is 11.6 Å². The highest BCUT2D eigenvalue weighted by atomic mass is 32.2. The van der Waals surface area contributed by atoms with Gasteiger partial charge in [-0.05, 0) is 11.6 Å². The van der Waals surface area contributed by atoms with E-state index < -0.39 is 11.6 Å². The van der Waals surface area contributed by atoms with Crippen LogP contribution in [0.3, 0.4) is 0 Å². The van der Waals surface area contributed by atoms with Crippen molar-refractivity contribution in [3.05, 3.63) is 35.4 Å². The topological polar surface area (TPSA) is 64.4 Å². The minimum atomic E-state index is -0.600. The second kappa shape index (κ2) is 4.80. The highest BCUT2D eigenvalue weighted by molar-refractivity contribution is 8.13. The summed E-state index contributed by atoms with van der Waals surface area (Å²) in [5.41, 5.74) is 5.66. The third-order valence-corrected chi connectivity index (χ3v) is 2.37. The molecule has 76 valence electrons. The second-order valence-corrected chi connectivity index (χ2v) is 3.49. The fraction of sp³-hybridized carbons (Fsp3) is 0.125. The fourth-order valence-corrected chi connectivity index (χ4v) is 1.44. The van der Waals surface area contributed by atoms with Gasteiger partial charge < -0.3 is 11.6 Å². The number of halogens is 2. The predicted molar refractivity (Wildman–Crippen MR) is 53.5 cm³/mol. The average Bonchev–Trinajstić information content (AvgIpc) is 2.16. The summed E-state index contributed by atoms with van der Waals surface area (Å²) in [7, 11) is 0. The van der Waals surface area contributed by atoms with Crippen LogP contribution in [0, 0.1) is 11.6 Å². The number of amidine groups is 1. The maximum absolute atomic E-state index is 13.0. The molecule has 0 atom stereocenters. The first-order valence-electron chi connectivity index (χ1n) is 3.73. The van der Waals surface area contributed by atoms with E-state index in [4.69, 9.17) is 11.6 Å². The number of rotatable bonds is 2. The Hall–Kier alpha value is -1.30. The number of hydrogen-bond donors (Lipinski definition) is 2. The molecule has 1 rings (SSSR count). The molecule has 6 heteroatoms. The smallest absolute Gasteiger partial charge is 0.177 e. The molecule has 0 aliphatic carbocycles. The molecule has 0 aliphatic rings. The van der Waals surface area contributed by atoms with Gasteiger partial charge in [-0.15, -0.1) is 0 Å². The van der Waals surface area contributed by atoms with Crippen LogP contribution in [-0.2, 0) is 5.75 Å². The Kier molecular flexibility index (Phi) is 3.70. The zero-order valence-electron chi connectivity index (χ0n) is 7.21. The van der Waals surface area contributed by atoms with Crippen molar-refractivity contribution in [2.24, 2.45) is 16.7 Å². The molecule has 3 nitrogen and oxygen atoms in total. The van der Waals surface area contributed by atoms with Crippen molar-refractivity contribution in [2.45, 2.75) is 5.75 Å². The zero-order valence-corrected chi connectivity index (χ0v) is 8.02. The number of hydrogen-bond acceptors (Lipinski definition) is 3. The Bertz CT molecular complexity index is 354. The first-order valence-corrected chi connectivity index (χ1v) is 4.72. The van der Waals surface area contributed by atoms with Crippen LogP contribution in [0.15, 0.2) is 23.3 Å². The monoisotopic (exact) mass is 217 g/mol. The Morgan fingerprint density at radius 2 is 2.14 bits per heavy atom. The summed E-state index contributed by atoms with van der Waals surface area (Å²) in [6.45, 7) is 0. The molecule has 0 aromatic heterocycles. The van der Waals surface area contributed by atoms with Gasteiger partial charge in [-0.25, -0.2) is 8.78 Å². The van der Waals surface area contributed by atoms with Crippen LogP contribution < -0.4 is 11.6 Å². The van der Waals surface area contributed by atoms with Crippen LogP contribution in [-0.4, -0.2) is 5.17 Å². The molecular weight excluding hydrogens is 208 g/mol. The standard InChI is InChI=1S/C8H9F2N3S/c9-6-2-1-5(7(10)3-6)4-14-8(11)13-12/h1-3H,4,12H2,(H2,11,13). The molecule has 1 aromatic rings. The number of hydrazone groups is 1. The van der Waals surface area contributed by atoms with Crippen LogP contribution in [0.4, 0.5) is 8.78 Å². The molecule has 4 N–H and O–H groups in total. The van der Waals surface area contributed by atoms with Crippen molar-refractivity contribution in [1.82, 2.24) is 0 Å². The summed E-state index contributed by atoms with van der Waals surface area (Å²) in [4.78, 5) is 0. The van der Waals surface area contributed by atoms with Crippen LogP contribution in [0.5, 0.6) is 0 Å². The zero-order chi connectivity index (χ0) is 10.6. The van der Waals surface area contributed by atoms with Crippen molar-refractivity contribution in [3.8, 4) is 0 Å². The summed E-state index contributed by atoms with van der Waals surface area (Å²) in [6, 6.07) is 3.38. The van der Waals surface area contributed by atoms with E-state index in [1.165, 1.54) is 12.1 Å². The third-order valence-electron chi connectivity index (χ3n) is 1.52. The normalized spacial score (nSPS) is 11.7. The van der Waals surface area contributed by atoms with E-state index in [9.17, 15) is 8.78 Å². The fourth-order valence-electron chi connectivity index (χ4n) is 0.828. The lowest BCUT2D eigenvalue weighted by Crippen LogP contribution is -2.09. The number of nitrogens with zero attached hydrogens (tertiary/aromatic N) is 1. The van der Waals surface area contributed by atoms with Crippen molar-refractivity contribution in [3.63, 3.8) is 0 Å². The summed E-state index contributed by atoms with van der Waals surface area (Å²) in [6.07, 6.45) is 0. The SMILES string of the molecule is NN=C(N)SCc1ccc(F)cc1F. The highest BCUT2D eigenvalue weighted by Gasteiger charge is 2.04. The Labute approximate surface area is 84.2 Å². The molecule has 0 heterocycles. The first-order chi connectivity index (χ1) is 6.63. The summed E-state index contributed by atoms with van der Waals surface area (Å²) < 4.78 is 25.5. The van der Waals surface area contributed by atoms with Crippen molar-refractivity contribution in [2.75, 3.05) is 0 Å². The van der Waals surface area contributed by atoms with E-state index in [-0.39, 0.29) is 10.9 Å². The van der Waals surface area contributed by atoms with E-state index in [2.05, 4.69) is 5.10 Å². The lowest BCUT2D eigenvalue weighted by Gasteiger charge is -2.01. The Morgan fingerprint density at radius 3 is 2.71 bits per heavy atom. The first kappa shape index (κ1) is 10.8. The third kappa shape index (κ3) is 2.88. The van der Waals surface area contributed by atoms with Crippen LogP contribution in [0.2, 0.25) is 0 Å². The maximum Gasteiger partial charge on any atom is 0.177 e. The molecule has 14 heavy (non-hydrogen) atoms. The van der Waals surface area contributed by atoms with Gasteiger partial charge in [0.15, 0.2) is 5.17 Å². The number of nitrogens with two attached hydrogens (primary N) is 2. The van der Waals surface area contributed by atoms with Gasteiger partial charge in [0, 0.05) is 11.8 Å². The molecule has 0 aliphatic heterocycles. The van der Waals surface area contributed by atoms with Crippen molar-refractivity contribution >= 4 is 16.9 Å². The summed E-state index contributed by atoms with van der Waals surface area (Å²) >= 11 is 1.09. The van der Waals surface area contributed by atoms with E-state index in [0.717, 1.165) is 17.8 Å². The van der Waals surface area contributed by atoms with Gasteiger partial charge in [0.2, 0.25) is 0 Å². The lowest BCUT2D eigenvalue weighted by molar-refractivity contribution is 0.577. The van der Waals surface area contributed by atoms with Crippen LogP contribution >= 0.6 is 11.8 Å². The maximum atomic E-state index is 13.0. The van der Waals surface area contributed by atoms with Crippen molar-refractivity contribution < 1.29 is 8.78 Å². The van der Waals surface area contributed by atoms with Gasteiger partial charge in [-0.2, -0.15) is 5.10 Å². The molecule has 0 unspecified atom stereocenters. The molecule has 0 radical (unpaired) electrons. The lowest BCUT2D eigenvalue weighted by atomic mass is 10.2. The molecule has 1 aromatic carbocycles. The van der Waals surface area contributed by atoms with Gasteiger partial charge in [-0.3, -0.25) is 0 Å². The van der Waals surface area contributed by atoms with Gasteiger partial charge in [0.05, 0.1) is 0 Å². The number of thioether (sulfide) groups is 1. The molecule has 0 fully saturated rings. The van der Waals surface area contributed by atoms with Crippen LogP contribution in [0.25, 0.3) is 0 Å². The van der Waals surface area contributed by atoms with E-state index in [1.807, 2.05) is 0 Å². The Morgan fingerprint density at radius 1 is 1.43 bits per heavy atom. The van der Waals surface area contributed by atoms with E-state index in [1.54, 1.807) is 0 Å². The summed E-state index contributed by atoms with van der Waals surface area (Å²) in [5.74, 6) is 3.97. The quantitative estimate of drug-likeness (QED) is 0.340. The van der Waals surface area contributed by atoms with Gasteiger partial charge in [0.25, 0.3) is 0 Å². The van der Waals surface area contributed by atoms with E-state index >= 15 is 0 Å². The van der Waals surface area contributed by atoms with Gasteiger partial charge in [-0.1, -0.05) is 17.8 Å². The molecule has 0 bridgehead atoms. The molecule has 0 amide bonds. The number of benzene rings is 1. The van der Waals surface area contributed by atoms with Crippen LogP contribution in [0.1, 0.15) is 5.56 Å². The Balaban J connectivity index is 2.68. The van der Waals surface area contributed by atoms with Crippen molar-refractivity contribution in [1.29, 1.82) is 0 Å². The highest BCUT2D eigenvalue weighted by Crippen LogP contribution is 2.16. The minimum absolute atomic E-state index is 0.161. The molecular formula is C8H9F2N3S. The van der Waals surface area contributed by atoms with Gasteiger partial charge >= 0.3 is 0 Å². The predicted octanol–water partition coefficient (Wildman–Crippen LogP) is 1.39. The second-order valence-electron chi connectivity index (χ2n) is 2.49. The largest absolute Gasteiger partial charge is 0.377 e.